The van der Waals surface area contributed by atoms with Gasteiger partial charge in [0.15, 0.2) is 11.5 Å². The van der Waals surface area contributed by atoms with Crippen molar-refractivity contribution in [3.63, 3.8) is 0 Å². The molecule has 1 heterocycles. The highest BCUT2D eigenvalue weighted by Crippen LogP contribution is 2.22. The third-order valence-electron chi connectivity index (χ3n) is 3.48. The molecule has 6 heteroatoms. The van der Waals surface area contributed by atoms with E-state index in [0.29, 0.717) is 24.7 Å². The highest BCUT2D eigenvalue weighted by molar-refractivity contribution is 5.79. The van der Waals surface area contributed by atoms with Gasteiger partial charge in [0.2, 0.25) is 0 Å². The van der Waals surface area contributed by atoms with Crippen molar-refractivity contribution in [2.75, 3.05) is 0 Å². The Kier molecular flexibility index (Phi) is 6.08. The van der Waals surface area contributed by atoms with Gasteiger partial charge in [0.05, 0.1) is 12.7 Å². The summed E-state index contributed by atoms with van der Waals surface area (Å²) in [6.45, 7) is 12.0. The Morgan fingerprint density at radius 2 is 1.77 bits per heavy atom. The fourth-order valence-corrected chi connectivity index (χ4v) is 2.23. The third-order valence-corrected chi connectivity index (χ3v) is 3.48. The lowest BCUT2D eigenvalue weighted by Crippen LogP contribution is -2.43. The minimum atomic E-state index is -1.06. The van der Waals surface area contributed by atoms with E-state index in [1.165, 1.54) is 0 Å². The Bertz CT molecular complexity index is 727. The van der Waals surface area contributed by atoms with Crippen LogP contribution in [0.5, 0.6) is 5.75 Å². The largest absolute Gasteiger partial charge is 0.476 e. The number of ether oxygens (including phenoxy) is 2. The van der Waals surface area contributed by atoms with Gasteiger partial charge in [-0.1, -0.05) is 12.1 Å². The Labute approximate surface area is 154 Å². The monoisotopic (exact) mass is 360 g/mol. The molecular weight excluding hydrogens is 332 g/mol. The molecular formula is C20H28N2O4. The van der Waals surface area contributed by atoms with Gasteiger partial charge in [0.25, 0.3) is 0 Å². The van der Waals surface area contributed by atoms with Crippen LogP contribution in [0.1, 0.15) is 51.8 Å². The van der Waals surface area contributed by atoms with Crippen LogP contribution in [-0.4, -0.2) is 22.2 Å². The van der Waals surface area contributed by atoms with E-state index in [1.807, 2.05) is 52.0 Å². The lowest BCUT2D eigenvalue weighted by Gasteiger charge is -2.29. The molecule has 0 aliphatic heterocycles. The molecule has 0 unspecified atom stereocenters. The van der Waals surface area contributed by atoms with Crippen LogP contribution in [0.25, 0.3) is 0 Å². The molecule has 1 aromatic heterocycles. The first-order valence-corrected chi connectivity index (χ1v) is 8.68. The standard InChI is InChI=1S/C20H28N2O4/c1-14-22-13-17(24-14)12-21-11-15-7-9-16(10-8-15)25-20(5,6)18(23)26-19(2,3)4/h7-10,13,21H,11-12H2,1-6H3. The summed E-state index contributed by atoms with van der Waals surface area (Å²) in [6, 6.07) is 7.61. The van der Waals surface area contributed by atoms with Gasteiger partial charge in [-0.2, -0.15) is 0 Å². The van der Waals surface area contributed by atoms with Crippen LogP contribution in [0.3, 0.4) is 0 Å². The van der Waals surface area contributed by atoms with Crippen molar-refractivity contribution in [2.45, 2.75) is 65.8 Å². The maximum atomic E-state index is 12.3. The summed E-state index contributed by atoms with van der Waals surface area (Å²) in [5.41, 5.74) is -0.504. The average Bonchev–Trinajstić information content (AvgIpc) is 2.92. The molecule has 1 N–H and O–H groups in total. The van der Waals surface area contributed by atoms with E-state index in [9.17, 15) is 4.79 Å². The Balaban J connectivity index is 1.87. The number of benzene rings is 1. The van der Waals surface area contributed by atoms with Gasteiger partial charge >= 0.3 is 5.97 Å². The zero-order valence-corrected chi connectivity index (χ0v) is 16.4. The fraction of sp³-hybridized carbons (Fsp3) is 0.500. The van der Waals surface area contributed by atoms with Gasteiger partial charge in [0, 0.05) is 13.5 Å². The number of hydrogen-bond acceptors (Lipinski definition) is 6. The van der Waals surface area contributed by atoms with Gasteiger partial charge in [-0.25, -0.2) is 9.78 Å². The zero-order valence-electron chi connectivity index (χ0n) is 16.4. The molecule has 0 radical (unpaired) electrons. The van der Waals surface area contributed by atoms with Gasteiger partial charge in [-0.3, -0.25) is 0 Å². The van der Waals surface area contributed by atoms with Crippen molar-refractivity contribution < 1.29 is 18.7 Å². The molecule has 0 saturated heterocycles. The highest BCUT2D eigenvalue weighted by atomic mass is 16.6. The predicted molar refractivity (Wildman–Crippen MR) is 98.8 cm³/mol. The third kappa shape index (κ3) is 6.19. The van der Waals surface area contributed by atoms with Crippen LogP contribution >= 0.6 is 0 Å². The number of carbonyl (C=O) groups is 1. The van der Waals surface area contributed by atoms with E-state index < -0.39 is 17.2 Å². The van der Waals surface area contributed by atoms with Crippen LogP contribution in [0, 0.1) is 6.92 Å². The molecule has 0 saturated carbocycles. The minimum absolute atomic E-state index is 0.391. The number of aromatic nitrogens is 1. The molecule has 0 amide bonds. The first kappa shape index (κ1) is 20.0. The first-order chi connectivity index (χ1) is 12.0. The van der Waals surface area contributed by atoms with E-state index in [4.69, 9.17) is 13.9 Å². The molecule has 26 heavy (non-hydrogen) atoms. The summed E-state index contributed by atoms with van der Waals surface area (Å²) >= 11 is 0. The van der Waals surface area contributed by atoms with Crippen LogP contribution in [-0.2, 0) is 22.6 Å². The van der Waals surface area contributed by atoms with Crippen molar-refractivity contribution in [3.05, 3.63) is 47.7 Å². The normalized spacial score (nSPS) is 12.1. The van der Waals surface area contributed by atoms with Crippen molar-refractivity contribution in [1.82, 2.24) is 10.3 Å². The van der Waals surface area contributed by atoms with Crippen LogP contribution in [0.2, 0.25) is 0 Å². The number of rotatable bonds is 7. The molecule has 0 fully saturated rings. The fourth-order valence-electron chi connectivity index (χ4n) is 2.23. The SMILES string of the molecule is Cc1ncc(CNCc2ccc(OC(C)(C)C(=O)OC(C)(C)C)cc2)o1. The van der Waals surface area contributed by atoms with Gasteiger partial charge in [-0.15, -0.1) is 0 Å². The molecule has 0 spiro atoms. The summed E-state index contributed by atoms with van der Waals surface area (Å²) in [6.07, 6.45) is 1.72. The molecule has 2 aromatic rings. The number of nitrogens with one attached hydrogen (secondary N) is 1. The second kappa shape index (κ2) is 7.91. The number of esters is 1. The van der Waals surface area contributed by atoms with E-state index in [1.54, 1.807) is 20.0 Å². The quantitative estimate of drug-likeness (QED) is 0.758. The van der Waals surface area contributed by atoms with Crippen molar-refractivity contribution >= 4 is 5.97 Å². The smallest absolute Gasteiger partial charge is 0.350 e. The molecule has 0 bridgehead atoms. The second-order valence-electron chi connectivity index (χ2n) is 7.71. The topological polar surface area (TPSA) is 73.6 Å². The molecule has 0 atom stereocenters. The molecule has 2 rings (SSSR count). The zero-order chi connectivity index (χ0) is 19.4. The summed E-state index contributed by atoms with van der Waals surface area (Å²) in [7, 11) is 0. The van der Waals surface area contributed by atoms with E-state index in [2.05, 4.69) is 10.3 Å². The van der Waals surface area contributed by atoms with Gasteiger partial charge in [0.1, 0.15) is 17.1 Å². The Morgan fingerprint density at radius 1 is 1.12 bits per heavy atom. The van der Waals surface area contributed by atoms with Crippen LogP contribution in [0.15, 0.2) is 34.9 Å². The summed E-state index contributed by atoms with van der Waals surface area (Å²) in [4.78, 5) is 16.3. The number of aryl methyl sites for hydroxylation is 1. The van der Waals surface area contributed by atoms with E-state index in [0.717, 1.165) is 11.3 Å². The minimum Gasteiger partial charge on any atom is -0.476 e. The molecule has 0 aliphatic carbocycles. The summed E-state index contributed by atoms with van der Waals surface area (Å²) in [5.74, 6) is 1.70. The first-order valence-electron chi connectivity index (χ1n) is 8.68. The maximum Gasteiger partial charge on any atom is 0.350 e. The number of hydrogen-bond donors (Lipinski definition) is 1. The van der Waals surface area contributed by atoms with Crippen LogP contribution in [0.4, 0.5) is 0 Å². The van der Waals surface area contributed by atoms with E-state index >= 15 is 0 Å². The van der Waals surface area contributed by atoms with Gasteiger partial charge in [-0.05, 0) is 52.3 Å². The number of carbonyl (C=O) groups excluding carboxylic acids is 1. The number of nitrogens with zero attached hydrogens (tertiary/aromatic N) is 1. The van der Waals surface area contributed by atoms with Crippen molar-refractivity contribution in [1.29, 1.82) is 0 Å². The lowest BCUT2D eigenvalue weighted by atomic mass is 10.1. The molecule has 0 aliphatic rings. The predicted octanol–water partition coefficient (Wildman–Crippen LogP) is 3.77. The second-order valence-corrected chi connectivity index (χ2v) is 7.71. The summed E-state index contributed by atoms with van der Waals surface area (Å²) in [5, 5.41) is 3.29. The average molecular weight is 360 g/mol. The molecule has 1 aromatic carbocycles. The maximum absolute atomic E-state index is 12.3. The Morgan fingerprint density at radius 3 is 2.31 bits per heavy atom. The number of oxazole rings is 1. The molecule has 6 nitrogen and oxygen atoms in total. The van der Waals surface area contributed by atoms with Gasteiger partial charge < -0.3 is 19.2 Å². The Hall–Kier alpha value is -2.34. The van der Waals surface area contributed by atoms with Crippen molar-refractivity contribution in [3.8, 4) is 5.75 Å². The lowest BCUT2D eigenvalue weighted by molar-refractivity contribution is -0.170. The van der Waals surface area contributed by atoms with E-state index in [-0.39, 0.29) is 0 Å². The van der Waals surface area contributed by atoms with Crippen molar-refractivity contribution in [2.24, 2.45) is 0 Å². The van der Waals surface area contributed by atoms with Crippen LogP contribution < -0.4 is 10.1 Å². The molecule has 142 valence electrons. The highest BCUT2D eigenvalue weighted by Gasteiger charge is 2.34. The summed E-state index contributed by atoms with van der Waals surface area (Å²) < 4.78 is 16.6.